The second-order valence-corrected chi connectivity index (χ2v) is 4.07. The van der Waals surface area contributed by atoms with E-state index >= 15 is 0 Å². The number of hydrogen-bond acceptors (Lipinski definition) is 2. The second kappa shape index (κ2) is 4.31. The summed E-state index contributed by atoms with van der Waals surface area (Å²) in [6.45, 7) is 6.58. The molecule has 0 saturated carbocycles. The molecule has 0 aliphatic carbocycles. The predicted molar refractivity (Wildman–Crippen MR) is 45.2 cm³/mol. The van der Waals surface area contributed by atoms with Gasteiger partial charge in [-0.05, 0) is 18.3 Å². The minimum atomic E-state index is -0.247. The van der Waals surface area contributed by atoms with E-state index in [9.17, 15) is 10.1 Å². The highest BCUT2D eigenvalue weighted by Gasteiger charge is 2.09. The maximum Gasteiger partial charge on any atom is 0.203 e. The van der Waals surface area contributed by atoms with Gasteiger partial charge in [0.15, 0.2) is 0 Å². The van der Waals surface area contributed by atoms with Crippen LogP contribution in [-0.4, -0.2) is 11.5 Å². The topological polar surface area (TPSA) is 43.1 Å². The van der Waals surface area contributed by atoms with E-state index in [1.54, 1.807) is 0 Å². The highest BCUT2D eigenvalue weighted by atomic mass is 16.6. The normalized spacial score (nSPS) is 11.5. The van der Waals surface area contributed by atoms with Crippen LogP contribution in [0.3, 0.4) is 0 Å². The number of nitrogens with zero attached hydrogens (tertiary/aromatic N) is 1. The summed E-state index contributed by atoms with van der Waals surface area (Å²) in [5.41, 5.74) is 0.316. The number of unbranched alkanes of at least 4 members (excludes halogenated alkanes) is 1. The molecular formula is C8H17NO2. The van der Waals surface area contributed by atoms with Crippen molar-refractivity contribution in [3.05, 3.63) is 10.1 Å². The van der Waals surface area contributed by atoms with Gasteiger partial charge < -0.3 is 0 Å². The van der Waals surface area contributed by atoms with Crippen molar-refractivity contribution in [2.24, 2.45) is 5.41 Å². The van der Waals surface area contributed by atoms with Crippen LogP contribution in [0.5, 0.6) is 0 Å². The van der Waals surface area contributed by atoms with E-state index in [4.69, 9.17) is 0 Å². The fourth-order valence-electron chi connectivity index (χ4n) is 0.896. The highest BCUT2D eigenvalue weighted by Crippen LogP contribution is 2.21. The van der Waals surface area contributed by atoms with Gasteiger partial charge in [-0.2, -0.15) is 0 Å². The molecule has 0 N–H and O–H groups in total. The zero-order valence-electron chi connectivity index (χ0n) is 7.59. The van der Waals surface area contributed by atoms with Crippen molar-refractivity contribution in [1.29, 1.82) is 0 Å². The van der Waals surface area contributed by atoms with Crippen LogP contribution in [0, 0.1) is 15.5 Å². The van der Waals surface area contributed by atoms with Crippen LogP contribution in [0.1, 0.15) is 40.0 Å². The molecule has 11 heavy (non-hydrogen) atoms. The van der Waals surface area contributed by atoms with Gasteiger partial charge in [-0.1, -0.05) is 20.8 Å². The lowest BCUT2D eigenvalue weighted by molar-refractivity contribution is -0.480. The lowest BCUT2D eigenvalue weighted by atomic mass is 9.90. The molecule has 0 rings (SSSR count). The van der Waals surface area contributed by atoms with Crippen LogP contribution in [0.2, 0.25) is 0 Å². The van der Waals surface area contributed by atoms with Gasteiger partial charge in [0, 0.05) is 11.3 Å². The zero-order valence-corrected chi connectivity index (χ0v) is 7.59. The molecule has 0 heterocycles. The fourth-order valence-corrected chi connectivity index (χ4v) is 0.896. The summed E-state index contributed by atoms with van der Waals surface area (Å²) in [4.78, 5) is 9.68. The average molecular weight is 159 g/mol. The van der Waals surface area contributed by atoms with E-state index in [1.165, 1.54) is 0 Å². The molecule has 3 heteroatoms. The van der Waals surface area contributed by atoms with Crippen molar-refractivity contribution >= 4 is 0 Å². The van der Waals surface area contributed by atoms with E-state index in [0.717, 1.165) is 12.8 Å². The molecule has 3 nitrogen and oxygen atoms in total. The Morgan fingerprint density at radius 1 is 1.27 bits per heavy atom. The molecule has 0 spiro atoms. The minimum Gasteiger partial charge on any atom is -0.265 e. The van der Waals surface area contributed by atoms with E-state index in [2.05, 4.69) is 20.8 Å². The maximum atomic E-state index is 9.93. The van der Waals surface area contributed by atoms with Crippen molar-refractivity contribution in [3.63, 3.8) is 0 Å². The molecule has 0 aliphatic heterocycles. The molecule has 0 unspecified atom stereocenters. The standard InChI is InChI=1S/C8H17NO2/c1-8(2,3)6-4-5-7-9(10)11/h4-7H2,1-3H3. The fraction of sp³-hybridized carbons (Fsp3) is 1.00. The Morgan fingerprint density at radius 3 is 2.18 bits per heavy atom. The summed E-state index contributed by atoms with van der Waals surface area (Å²) in [6.07, 6.45) is 2.75. The Hall–Kier alpha value is -0.600. The third kappa shape index (κ3) is 9.40. The first-order valence-corrected chi connectivity index (χ1v) is 4.03. The average Bonchev–Trinajstić information content (AvgIpc) is 1.78. The first-order valence-electron chi connectivity index (χ1n) is 4.03. The summed E-state index contributed by atoms with van der Waals surface area (Å²) in [6, 6.07) is 0. The molecule has 0 bridgehead atoms. The lowest BCUT2D eigenvalue weighted by Crippen LogP contribution is -2.06. The highest BCUT2D eigenvalue weighted by molar-refractivity contribution is 4.60. The Balaban J connectivity index is 3.22. The number of rotatable bonds is 4. The van der Waals surface area contributed by atoms with Gasteiger partial charge in [-0.3, -0.25) is 10.1 Å². The van der Waals surface area contributed by atoms with Gasteiger partial charge in [0.25, 0.3) is 0 Å². The summed E-state index contributed by atoms with van der Waals surface area (Å²) in [5, 5.41) is 9.93. The van der Waals surface area contributed by atoms with Gasteiger partial charge >= 0.3 is 0 Å². The van der Waals surface area contributed by atoms with Crippen LogP contribution in [0.25, 0.3) is 0 Å². The first kappa shape index (κ1) is 10.4. The van der Waals surface area contributed by atoms with E-state index < -0.39 is 0 Å². The molecule has 0 saturated heterocycles. The summed E-state index contributed by atoms with van der Waals surface area (Å²) in [7, 11) is 0. The molecule has 0 aromatic rings. The Morgan fingerprint density at radius 2 is 1.82 bits per heavy atom. The zero-order chi connectivity index (χ0) is 8.91. The molecule has 0 aliphatic rings. The van der Waals surface area contributed by atoms with Crippen molar-refractivity contribution in [2.75, 3.05) is 6.54 Å². The minimum absolute atomic E-state index is 0.121. The Kier molecular flexibility index (Phi) is 4.08. The predicted octanol–water partition coefficient (Wildman–Crippen LogP) is 2.48. The van der Waals surface area contributed by atoms with E-state index in [-0.39, 0.29) is 11.5 Å². The Labute approximate surface area is 67.9 Å². The number of hydrogen-bond donors (Lipinski definition) is 0. The van der Waals surface area contributed by atoms with Crippen LogP contribution in [-0.2, 0) is 0 Å². The van der Waals surface area contributed by atoms with E-state index in [0.29, 0.717) is 11.8 Å². The van der Waals surface area contributed by atoms with Gasteiger partial charge in [0.05, 0.1) is 0 Å². The van der Waals surface area contributed by atoms with Crippen LogP contribution in [0.4, 0.5) is 0 Å². The summed E-state index contributed by atoms with van der Waals surface area (Å²) >= 11 is 0. The van der Waals surface area contributed by atoms with Crippen molar-refractivity contribution in [3.8, 4) is 0 Å². The third-order valence-electron chi connectivity index (χ3n) is 1.52. The Bertz CT molecular complexity index is 127. The second-order valence-electron chi connectivity index (χ2n) is 4.07. The van der Waals surface area contributed by atoms with Crippen molar-refractivity contribution in [2.45, 2.75) is 40.0 Å². The van der Waals surface area contributed by atoms with E-state index in [1.807, 2.05) is 0 Å². The van der Waals surface area contributed by atoms with Crippen LogP contribution < -0.4 is 0 Å². The van der Waals surface area contributed by atoms with Gasteiger partial charge in [-0.15, -0.1) is 0 Å². The molecule has 0 aromatic heterocycles. The quantitative estimate of drug-likeness (QED) is 0.359. The lowest BCUT2D eigenvalue weighted by Gasteiger charge is -2.16. The molecule has 0 aromatic carbocycles. The first-order chi connectivity index (χ1) is 4.92. The molecule has 0 radical (unpaired) electrons. The van der Waals surface area contributed by atoms with Crippen LogP contribution in [0.15, 0.2) is 0 Å². The summed E-state index contributed by atoms with van der Waals surface area (Å²) in [5.74, 6) is 0. The smallest absolute Gasteiger partial charge is 0.203 e. The summed E-state index contributed by atoms with van der Waals surface area (Å²) < 4.78 is 0. The SMILES string of the molecule is CC(C)(C)CCCC[N+](=O)[O-]. The van der Waals surface area contributed by atoms with Gasteiger partial charge in [-0.25, -0.2) is 0 Å². The largest absolute Gasteiger partial charge is 0.265 e. The molecule has 66 valence electrons. The van der Waals surface area contributed by atoms with Crippen molar-refractivity contribution in [1.82, 2.24) is 0 Å². The van der Waals surface area contributed by atoms with Gasteiger partial charge in [0.1, 0.15) is 0 Å². The third-order valence-corrected chi connectivity index (χ3v) is 1.52. The maximum absolute atomic E-state index is 9.93. The molecule has 0 fully saturated rings. The van der Waals surface area contributed by atoms with Crippen molar-refractivity contribution < 1.29 is 4.92 Å². The molecule has 0 amide bonds. The number of nitro groups is 1. The monoisotopic (exact) mass is 159 g/mol. The van der Waals surface area contributed by atoms with Gasteiger partial charge in [0.2, 0.25) is 6.54 Å². The molecule has 0 atom stereocenters. The van der Waals surface area contributed by atoms with Crippen LogP contribution >= 0.6 is 0 Å². The molecular weight excluding hydrogens is 142 g/mol.